The molecule has 0 fully saturated rings. The Hall–Kier alpha value is -6.89. The number of ether oxygens (including phenoxy) is 1. The molecule has 6 aromatic rings. The van der Waals surface area contributed by atoms with E-state index in [1.165, 1.54) is 24.4 Å². The van der Waals surface area contributed by atoms with E-state index in [1.54, 1.807) is 56.6 Å². The minimum Gasteiger partial charge on any atom is -0.491 e. The Kier molecular flexibility index (Phi) is 11.0. The fourth-order valence-electron chi connectivity index (χ4n) is 6.05. The highest BCUT2D eigenvalue weighted by Gasteiger charge is 2.23. The van der Waals surface area contributed by atoms with Gasteiger partial charge in [0, 0.05) is 51.0 Å². The zero-order chi connectivity index (χ0) is 39.4. The number of carbonyl (C=O) groups is 4. The van der Waals surface area contributed by atoms with Crippen molar-refractivity contribution in [3.63, 3.8) is 0 Å². The number of aryl methyl sites for hydroxylation is 4. The van der Waals surface area contributed by atoms with Crippen molar-refractivity contribution < 1.29 is 29.0 Å². The van der Waals surface area contributed by atoms with Gasteiger partial charge >= 0.3 is 0 Å². The van der Waals surface area contributed by atoms with Crippen LogP contribution in [0.1, 0.15) is 73.3 Å². The van der Waals surface area contributed by atoms with Crippen molar-refractivity contribution in [3.8, 4) is 5.75 Å². The number of imidazole rings is 2. The second-order valence-electron chi connectivity index (χ2n) is 12.5. The van der Waals surface area contributed by atoms with Crippen LogP contribution >= 0.6 is 0 Å². The second kappa shape index (κ2) is 16.0. The first-order valence-electron chi connectivity index (χ1n) is 17.5. The van der Waals surface area contributed by atoms with Crippen LogP contribution in [0.4, 0.5) is 11.9 Å². The molecule has 55 heavy (non-hydrogen) atoms. The van der Waals surface area contributed by atoms with Crippen molar-refractivity contribution in [3.05, 3.63) is 82.6 Å². The van der Waals surface area contributed by atoms with E-state index in [4.69, 9.17) is 16.2 Å². The van der Waals surface area contributed by atoms with Gasteiger partial charge in [-0.3, -0.25) is 43.7 Å². The first kappa shape index (κ1) is 37.9. The zero-order valence-corrected chi connectivity index (χ0v) is 30.7. The number of fused-ring (bicyclic) bond motifs is 2. The summed E-state index contributed by atoms with van der Waals surface area (Å²) in [7, 11) is 0. The Morgan fingerprint density at radius 2 is 1.33 bits per heavy atom. The largest absolute Gasteiger partial charge is 0.491 e. The smallest absolute Gasteiger partial charge is 0.276 e. The van der Waals surface area contributed by atoms with Crippen LogP contribution in [0.25, 0.3) is 22.2 Å². The summed E-state index contributed by atoms with van der Waals surface area (Å²) >= 11 is 0. The number of amides is 4. The highest BCUT2D eigenvalue weighted by Crippen LogP contribution is 2.31. The fourth-order valence-corrected chi connectivity index (χ4v) is 6.05. The van der Waals surface area contributed by atoms with Crippen LogP contribution in [-0.2, 0) is 26.2 Å². The second-order valence-corrected chi connectivity index (χ2v) is 12.5. The first-order chi connectivity index (χ1) is 26.4. The quantitative estimate of drug-likeness (QED) is 0.0709. The van der Waals surface area contributed by atoms with Gasteiger partial charge in [0.15, 0.2) is 5.65 Å². The van der Waals surface area contributed by atoms with E-state index in [9.17, 15) is 24.3 Å². The van der Waals surface area contributed by atoms with Gasteiger partial charge in [-0.05, 0) is 58.0 Å². The maximum Gasteiger partial charge on any atom is 0.276 e. The molecule has 0 spiro atoms. The molecule has 4 amide bonds. The van der Waals surface area contributed by atoms with E-state index in [2.05, 4.69) is 35.8 Å². The lowest BCUT2D eigenvalue weighted by Gasteiger charge is -2.13. The average Bonchev–Trinajstić information content (AvgIpc) is 3.92. The maximum atomic E-state index is 13.6. The third kappa shape index (κ3) is 7.91. The van der Waals surface area contributed by atoms with Gasteiger partial charge in [-0.2, -0.15) is 10.2 Å². The summed E-state index contributed by atoms with van der Waals surface area (Å²) in [5.41, 5.74) is 15.0. The molecule has 0 aliphatic carbocycles. The molecular formula is C36H41N13O6. The van der Waals surface area contributed by atoms with Gasteiger partial charge < -0.3 is 25.9 Å². The molecule has 6 rings (SSSR count). The van der Waals surface area contributed by atoms with Crippen molar-refractivity contribution in [1.82, 2.24) is 43.6 Å². The van der Waals surface area contributed by atoms with E-state index in [-0.39, 0.29) is 55.1 Å². The summed E-state index contributed by atoms with van der Waals surface area (Å²) in [5, 5.41) is 23.9. The number of rotatable bonds is 16. The van der Waals surface area contributed by atoms with Crippen molar-refractivity contribution in [2.75, 3.05) is 23.8 Å². The molecule has 0 unspecified atom stereocenters. The normalized spacial score (nSPS) is 11.5. The number of aromatic nitrogens is 9. The van der Waals surface area contributed by atoms with Gasteiger partial charge in [0.05, 0.1) is 29.1 Å². The standard InChI is InChI=1S/C36H41N13O6/c1-5-48-26(14-20(3)44-48)33(53)42-35-40-24-16-22(30(37)51)18-28(55-13-9-12-50)29(24)46(35)10-7-8-11-47-32-25(17-23(19-39-32)31(38)52)41-36(47)43-34(54)27-15-21(4)45-49(27)6-2/h7-8,14-19,50H,5-6,9-13H2,1-4H3,(H2,37,51)(H2,38,52)(H,40,42,53)(H,41,43,54). The average molecular weight is 752 g/mol. The first-order valence-corrected chi connectivity index (χ1v) is 17.5. The number of benzene rings is 1. The van der Waals surface area contributed by atoms with Gasteiger partial charge in [-0.25, -0.2) is 15.0 Å². The molecule has 0 aliphatic heterocycles. The number of carbonyl (C=O) groups excluding carboxylic acids is 4. The molecule has 0 aliphatic rings. The number of nitrogens with zero attached hydrogens (tertiary/aromatic N) is 9. The number of primary amides is 2. The Morgan fingerprint density at radius 1 is 0.782 bits per heavy atom. The highest BCUT2D eigenvalue weighted by atomic mass is 16.5. The SMILES string of the molecule is CCn1nc(C)cc1C(=O)Nc1nc2cc(C(N)=O)cnc2n1CC=CCn1c(NC(=O)c2cc(C)nn2CC)nc2cc(C(N)=O)cc(OCCCO)c21. The lowest BCUT2D eigenvalue weighted by atomic mass is 10.1. The third-order valence-corrected chi connectivity index (χ3v) is 8.58. The maximum absolute atomic E-state index is 13.6. The Balaban J connectivity index is 1.38. The number of hydrogen-bond acceptors (Lipinski definition) is 11. The van der Waals surface area contributed by atoms with Crippen LogP contribution in [0.3, 0.4) is 0 Å². The van der Waals surface area contributed by atoms with Crippen molar-refractivity contribution in [2.24, 2.45) is 11.5 Å². The van der Waals surface area contributed by atoms with Crippen LogP contribution in [-0.4, -0.2) is 85.6 Å². The molecule has 0 saturated carbocycles. The monoisotopic (exact) mass is 751 g/mol. The summed E-state index contributed by atoms with van der Waals surface area (Å²) in [5.74, 6) is -1.66. The predicted octanol–water partition coefficient (Wildman–Crippen LogP) is 2.55. The van der Waals surface area contributed by atoms with Crippen LogP contribution in [0.5, 0.6) is 5.75 Å². The van der Waals surface area contributed by atoms with E-state index < -0.39 is 23.6 Å². The molecule has 5 heterocycles. The van der Waals surface area contributed by atoms with Crippen LogP contribution in [0.15, 0.2) is 48.7 Å². The number of nitrogens with two attached hydrogens (primary N) is 2. The van der Waals surface area contributed by atoms with E-state index in [1.807, 2.05) is 13.8 Å². The minimum absolute atomic E-state index is 0.113. The van der Waals surface area contributed by atoms with Gasteiger partial charge in [0.2, 0.25) is 23.7 Å². The highest BCUT2D eigenvalue weighted by molar-refractivity contribution is 6.05. The molecule has 0 bridgehead atoms. The van der Waals surface area contributed by atoms with E-state index in [0.717, 1.165) is 0 Å². The zero-order valence-electron chi connectivity index (χ0n) is 30.7. The molecule has 1 aromatic carbocycles. The van der Waals surface area contributed by atoms with Crippen LogP contribution in [0.2, 0.25) is 0 Å². The van der Waals surface area contributed by atoms with Crippen LogP contribution < -0.4 is 26.8 Å². The number of pyridine rings is 1. The van der Waals surface area contributed by atoms with E-state index in [0.29, 0.717) is 64.5 Å². The molecule has 19 heteroatoms. The molecule has 7 N–H and O–H groups in total. The molecule has 0 atom stereocenters. The summed E-state index contributed by atoms with van der Waals surface area (Å²) < 4.78 is 12.5. The number of nitrogens with one attached hydrogen (secondary N) is 2. The summed E-state index contributed by atoms with van der Waals surface area (Å²) in [4.78, 5) is 64.9. The lowest BCUT2D eigenvalue weighted by molar-refractivity contribution is 0.0991. The minimum atomic E-state index is -0.697. The van der Waals surface area contributed by atoms with Crippen LogP contribution in [0, 0.1) is 13.8 Å². The number of allylic oxidation sites excluding steroid dienone is 2. The predicted molar refractivity (Wildman–Crippen MR) is 202 cm³/mol. The molecule has 0 radical (unpaired) electrons. The van der Waals surface area contributed by atoms with Gasteiger partial charge in [0.25, 0.3) is 11.8 Å². The molecule has 286 valence electrons. The summed E-state index contributed by atoms with van der Waals surface area (Å²) in [6.07, 6.45) is 5.28. The lowest BCUT2D eigenvalue weighted by Crippen LogP contribution is -2.20. The fraction of sp³-hybridized carbons (Fsp3) is 0.306. The van der Waals surface area contributed by atoms with Crippen molar-refractivity contribution in [1.29, 1.82) is 0 Å². The topological polar surface area (TPSA) is 258 Å². The van der Waals surface area contributed by atoms with Gasteiger partial charge in [-0.15, -0.1) is 0 Å². The third-order valence-electron chi connectivity index (χ3n) is 8.58. The van der Waals surface area contributed by atoms with E-state index >= 15 is 0 Å². The number of aliphatic hydroxyl groups excluding tert-OH is 1. The molecule has 5 aromatic heterocycles. The number of hydrogen-bond donors (Lipinski definition) is 5. The van der Waals surface area contributed by atoms with Gasteiger partial charge in [-0.1, -0.05) is 12.2 Å². The Labute approximate surface area is 314 Å². The molecule has 0 saturated heterocycles. The van der Waals surface area contributed by atoms with Crippen molar-refractivity contribution in [2.45, 2.75) is 60.3 Å². The number of anilines is 2. The molecular weight excluding hydrogens is 710 g/mol. The van der Waals surface area contributed by atoms with Crippen molar-refractivity contribution >= 4 is 57.7 Å². The molecule has 19 nitrogen and oxygen atoms in total. The summed E-state index contributed by atoms with van der Waals surface area (Å²) in [6, 6.07) is 7.85. The summed E-state index contributed by atoms with van der Waals surface area (Å²) in [6.45, 7) is 8.60. The van der Waals surface area contributed by atoms with Gasteiger partial charge in [0.1, 0.15) is 28.2 Å². The Morgan fingerprint density at radius 3 is 1.89 bits per heavy atom. The number of aliphatic hydroxyl groups is 1. The Bertz CT molecular complexity index is 2470.